The van der Waals surface area contributed by atoms with Crippen molar-refractivity contribution < 1.29 is 4.79 Å². The average Bonchev–Trinajstić information content (AvgIpc) is 2.34. The monoisotopic (exact) mass is 335 g/mol. The van der Waals surface area contributed by atoms with Crippen molar-refractivity contribution in [2.75, 3.05) is 54.4 Å². The summed E-state index contributed by atoms with van der Waals surface area (Å²) in [6.45, 7) is 5.79. The maximum Gasteiger partial charge on any atom is 0.236 e. The molecule has 4 nitrogen and oxygen atoms in total. The molecule has 1 unspecified atom stereocenters. The van der Waals surface area contributed by atoms with E-state index in [1.165, 1.54) is 0 Å². The fourth-order valence-corrected chi connectivity index (χ4v) is 2.15. The Morgan fingerprint density at radius 3 is 1.68 bits per heavy atom. The molecule has 0 N–H and O–H groups in total. The summed E-state index contributed by atoms with van der Waals surface area (Å²) in [6, 6.07) is 0. The van der Waals surface area contributed by atoms with Gasteiger partial charge in [-0.3, -0.25) is 4.79 Å². The van der Waals surface area contributed by atoms with Gasteiger partial charge in [0.2, 0.25) is 5.91 Å². The maximum atomic E-state index is 12.3. The normalized spacial score (nSPS) is 13.1. The van der Waals surface area contributed by atoms with Crippen molar-refractivity contribution in [3.63, 3.8) is 0 Å². The molecule has 0 rings (SSSR count). The van der Waals surface area contributed by atoms with Gasteiger partial charge in [0, 0.05) is 13.1 Å². The first-order valence-electron chi connectivity index (χ1n) is 7.10. The summed E-state index contributed by atoms with van der Waals surface area (Å²) in [4.78, 5) is 18.6. The molecule has 0 aromatic heterocycles. The quantitative estimate of drug-likeness (QED) is 0.570. The first kappa shape index (κ1) is 18.9. The zero-order valence-corrected chi connectivity index (χ0v) is 14.7. The van der Waals surface area contributed by atoms with Crippen molar-refractivity contribution in [1.29, 1.82) is 0 Å². The van der Waals surface area contributed by atoms with Gasteiger partial charge >= 0.3 is 0 Å². The van der Waals surface area contributed by atoms with E-state index in [1.54, 1.807) is 0 Å². The Hall–Kier alpha value is -0.130. The van der Waals surface area contributed by atoms with Gasteiger partial charge in [-0.1, -0.05) is 22.9 Å². The van der Waals surface area contributed by atoms with Crippen LogP contribution in [-0.2, 0) is 4.79 Å². The lowest BCUT2D eigenvalue weighted by molar-refractivity contribution is -0.130. The minimum absolute atomic E-state index is 0.0359. The molecule has 0 spiro atoms. The molecule has 0 aliphatic rings. The summed E-state index contributed by atoms with van der Waals surface area (Å²) in [5.74, 6) is 0.236. The number of rotatable bonds is 10. The summed E-state index contributed by atoms with van der Waals surface area (Å²) in [7, 11) is 8.27. The van der Waals surface area contributed by atoms with Crippen LogP contribution in [0.25, 0.3) is 0 Å². The lowest BCUT2D eigenvalue weighted by Gasteiger charge is -2.26. The number of carbonyl (C=O) groups excluding carboxylic acids is 1. The minimum Gasteiger partial charge on any atom is -0.342 e. The number of hydrogen-bond donors (Lipinski definition) is 0. The third kappa shape index (κ3) is 9.41. The van der Waals surface area contributed by atoms with Gasteiger partial charge in [0.25, 0.3) is 0 Å². The molecule has 0 aromatic carbocycles. The van der Waals surface area contributed by atoms with Gasteiger partial charge in [0.05, 0.1) is 4.83 Å². The number of hydrogen-bond acceptors (Lipinski definition) is 3. The van der Waals surface area contributed by atoms with Gasteiger partial charge < -0.3 is 14.7 Å². The van der Waals surface area contributed by atoms with Crippen molar-refractivity contribution in [3.05, 3.63) is 0 Å². The third-order valence-electron chi connectivity index (χ3n) is 3.00. The minimum atomic E-state index is -0.0359. The Morgan fingerprint density at radius 2 is 1.37 bits per heavy atom. The summed E-state index contributed by atoms with van der Waals surface area (Å²) in [5.41, 5.74) is 0. The predicted octanol–water partition coefficient (Wildman–Crippen LogP) is 1.89. The molecule has 0 aliphatic heterocycles. The van der Waals surface area contributed by atoms with E-state index in [1.807, 2.05) is 11.8 Å². The first-order valence-corrected chi connectivity index (χ1v) is 8.02. The second kappa shape index (κ2) is 10.6. The highest BCUT2D eigenvalue weighted by molar-refractivity contribution is 9.10. The van der Waals surface area contributed by atoms with Crippen molar-refractivity contribution in [2.45, 2.75) is 31.0 Å². The average molecular weight is 336 g/mol. The fraction of sp³-hybridized carbons (Fsp3) is 0.929. The molecular weight excluding hydrogens is 306 g/mol. The molecule has 0 saturated carbocycles. The lowest BCUT2D eigenvalue weighted by Crippen LogP contribution is -2.39. The largest absolute Gasteiger partial charge is 0.342 e. The molecule has 5 heteroatoms. The number of alkyl halides is 1. The molecule has 19 heavy (non-hydrogen) atoms. The highest BCUT2D eigenvalue weighted by atomic mass is 79.9. The highest BCUT2D eigenvalue weighted by Gasteiger charge is 2.19. The fourth-order valence-electron chi connectivity index (χ4n) is 1.86. The van der Waals surface area contributed by atoms with Crippen molar-refractivity contribution >= 4 is 21.8 Å². The molecule has 0 fully saturated rings. The van der Waals surface area contributed by atoms with Crippen molar-refractivity contribution in [3.8, 4) is 0 Å². The van der Waals surface area contributed by atoms with Crippen LogP contribution in [0.3, 0.4) is 0 Å². The zero-order chi connectivity index (χ0) is 14.8. The van der Waals surface area contributed by atoms with E-state index >= 15 is 0 Å². The van der Waals surface area contributed by atoms with Gasteiger partial charge in [-0.2, -0.15) is 0 Å². The number of nitrogens with zero attached hydrogens (tertiary/aromatic N) is 3. The summed E-state index contributed by atoms with van der Waals surface area (Å²) in [6.07, 6.45) is 2.91. The first-order chi connectivity index (χ1) is 8.88. The summed E-state index contributed by atoms with van der Waals surface area (Å²) < 4.78 is 0. The number of halogens is 1. The van der Waals surface area contributed by atoms with Gasteiger partial charge in [0.15, 0.2) is 0 Å². The Morgan fingerprint density at radius 1 is 0.947 bits per heavy atom. The van der Waals surface area contributed by atoms with Crippen LogP contribution in [0.5, 0.6) is 0 Å². The lowest BCUT2D eigenvalue weighted by atomic mass is 10.2. The predicted molar refractivity (Wildman–Crippen MR) is 85.9 cm³/mol. The van der Waals surface area contributed by atoms with Crippen molar-refractivity contribution in [1.82, 2.24) is 14.7 Å². The van der Waals surface area contributed by atoms with Gasteiger partial charge in [-0.05, 0) is 60.5 Å². The van der Waals surface area contributed by atoms with Crippen LogP contribution in [0.2, 0.25) is 0 Å². The van der Waals surface area contributed by atoms with E-state index in [2.05, 4.69) is 53.9 Å². The van der Waals surface area contributed by atoms with Crippen LogP contribution < -0.4 is 0 Å². The maximum absolute atomic E-state index is 12.3. The second-order valence-corrected chi connectivity index (χ2v) is 6.62. The van der Waals surface area contributed by atoms with Gasteiger partial charge in [0.1, 0.15) is 0 Å². The molecule has 0 aliphatic carbocycles. The van der Waals surface area contributed by atoms with Crippen LogP contribution >= 0.6 is 15.9 Å². The van der Waals surface area contributed by atoms with Crippen LogP contribution in [0.1, 0.15) is 26.2 Å². The van der Waals surface area contributed by atoms with E-state index in [-0.39, 0.29) is 10.7 Å². The van der Waals surface area contributed by atoms with Gasteiger partial charge in [-0.15, -0.1) is 0 Å². The van der Waals surface area contributed by atoms with E-state index in [4.69, 9.17) is 0 Å². The van der Waals surface area contributed by atoms with Crippen LogP contribution in [0, 0.1) is 0 Å². The Labute approximate surface area is 127 Å². The second-order valence-electron chi connectivity index (χ2n) is 5.51. The van der Waals surface area contributed by atoms with Crippen molar-refractivity contribution in [2.24, 2.45) is 0 Å². The van der Waals surface area contributed by atoms with E-state index in [0.717, 1.165) is 45.4 Å². The Bertz CT molecular complexity index is 233. The number of amides is 1. The molecule has 0 radical (unpaired) electrons. The Balaban J connectivity index is 4.25. The van der Waals surface area contributed by atoms with Gasteiger partial charge in [-0.25, -0.2) is 0 Å². The van der Waals surface area contributed by atoms with E-state index in [9.17, 15) is 4.79 Å². The molecule has 0 heterocycles. The van der Waals surface area contributed by atoms with E-state index < -0.39 is 0 Å². The van der Waals surface area contributed by atoms with Crippen LogP contribution in [0.4, 0.5) is 0 Å². The highest BCUT2D eigenvalue weighted by Crippen LogP contribution is 2.10. The molecule has 0 aromatic rings. The molecule has 1 amide bonds. The third-order valence-corrected chi connectivity index (χ3v) is 4.04. The zero-order valence-electron chi connectivity index (χ0n) is 13.2. The van der Waals surface area contributed by atoms with E-state index in [0.29, 0.717) is 0 Å². The number of carbonyl (C=O) groups is 1. The molecule has 0 saturated heterocycles. The summed E-state index contributed by atoms with van der Waals surface area (Å²) >= 11 is 3.47. The molecule has 0 bridgehead atoms. The molecule has 114 valence electrons. The van der Waals surface area contributed by atoms with Crippen LogP contribution in [0.15, 0.2) is 0 Å². The molecule has 1 atom stereocenters. The SMILES string of the molecule is CCC(Br)C(=O)N(CCCN(C)C)CCCN(C)C. The molecular formula is C14H30BrN3O. The summed E-state index contributed by atoms with van der Waals surface area (Å²) in [5, 5.41) is 0. The topological polar surface area (TPSA) is 26.8 Å². The standard InChI is InChI=1S/C14H30BrN3O/c1-6-13(15)14(19)18(11-7-9-16(2)3)12-8-10-17(4)5/h13H,6-12H2,1-5H3. The smallest absolute Gasteiger partial charge is 0.236 e. The Kier molecular flexibility index (Phi) is 10.6. The van der Waals surface area contributed by atoms with Crippen LogP contribution in [-0.4, -0.2) is 79.8 Å².